The number of aryl methyl sites for hydroxylation is 1. The molecule has 0 radical (unpaired) electrons. The molecule has 2 heterocycles. The number of amides is 3. The zero-order valence-electron chi connectivity index (χ0n) is 13.5. The van der Waals surface area contributed by atoms with Gasteiger partial charge in [-0.3, -0.25) is 14.4 Å². The third-order valence-electron chi connectivity index (χ3n) is 4.59. The Labute approximate surface area is 135 Å². The van der Waals surface area contributed by atoms with Gasteiger partial charge in [-0.05, 0) is 30.2 Å². The van der Waals surface area contributed by atoms with E-state index in [0.29, 0.717) is 44.6 Å². The van der Waals surface area contributed by atoms with Gasteiger partial charge in [-0.1, -0.05) is 6.92 Å². The number of carbonyl (C=O) groups is 3. The quantitative estimate of drug-likeness (QED) is 0.825. The Kier molecular flexibility index (Phi) is 4.07. The molecule has 1 aromatic rings. The van der Waals surface area contributed by atoms with Crippen molar-refractivity contribution in [2.24, 2.45) is 0 Å². The second-order valence-electron chi connectivity index (χ2n) is 6.02. The van der Waals surface area contributed by atoms with Crippen LogP contribution in [0, 0.1) is 0 Å². The summed E-state index contributed by atoms with van der Waals surface area (Å²) < 4.78 is 0. The summed E-state index contributed by atoms with van der Waals surface area (Å²) in [6.07, 6.45) is 1.60. The minimum absolute atomic E-state index is 0.0567. The first-order chi connectivity index (χ1) is 11.0. The van der Waals surface area contributed by atoms with Gasteiger partial charge < -0.3 is 14.7 Å². The van der Waals surface area contributed by atoms with Crippen molar-refractivity contribution < 1.29 is 14.4 Å². The van der Waals surface area contributed by atoms with E-state index < -0.39 is 0 Å². The molecule has 0 aromatic heterocycles. The van der Waals surface area contributed by atoms with E-state index in [1.807, 2.05) is 19.1 Å². The predicted octanol–water partition coefficient (Wildman–Crippen LogP) is 1.25. The van der Waals surface area contributed by atoms with E-state index in [-0.39, 0.29) is 17.7 Å². The molecule has 6 heteroatoms. The average Bonchev–Trinajstić information content (AvgIpc) is 3.06. The molecule has 1 saturated heterocycles. The maximum Gasteiger partial charge on any atom is 0.255 e. The highest BCUT2D eigenvalue weighted by Gasteiger charge is 2.28. The molecular formula is C17H21N3O3. The molecular weight excluding hydrogens is 294 g/mol. The monoisotopic (exact) mass is 315 g/mol. The number of benzene rings is 1. The Hall–Kier alpha value is -2.37. The maximum atomic E-state index is 12.6. The van der Waals surface area contributed by atoms with Crippen molar-refractivity contribution in [2.75, 3.05) is 31.7 Å². The minimum atomic E-state index is -0.0567. The van der Waals surface area contributed by atoms with Crippen LogP contribution in [0.25, 0.3) is 0 Å². The van der Waals surface area contributed by atoms with Crippen molar-refractivity contribution in [3.63, 3.8) is 0 Å². The minimum Gasteiger partial charge on any atom is -0.323 e. The number of anilines is 1. The van der Waals surface area contributed by atoms with E-state index in [0.717, 1.165) is 11.3 Å². The maximum absolute atomic E-state index is 12.6. The van der Waals surface area contributed by atoms with Crippen LogP contribution in [0.5, 0.6) is 0 Å². The molecule has 0 aliphatic carbocycles. The summed E-state index contributed by atoms with van der Waals surface area (Å²) >= 11 is 0. The zero-order valence-corrected chi connectivity index (χ0v) is 13.5. The molecule has 0 spiro atoms. The van der Waals surface area contributed by atoms with Crippen LogP contribution in [0.1, 0.15) is 35.7 Å². The summed E-state index contributed by atoms with van der Waals surface area (Å²) in [5.41, 5.74) is 2.53. The standard InChI is InChI=1S/C17H21N3O3/c1-3-15(21)19-8-9-20(11-19)17(23)13-4-6-14-12(10-13)5-7-16(22)18(14)2/h4,6,10H,3,5,7-9,11H2,1-2H3. The van der Waals surface area contributed by atoms with E-state index in [2.05, 4.69) is 0 Å². The Morgan fingerprint density at radius 3 is 2.61 bits per heavy atom. The third-order valence-corrected chi connectivity index (χ3v) is 4.59. The van der Waals surface area contributed by atoms with Crippen molar-refractivity contribution >= 4 is 23.4 Å². The van der Waals surface area contributed by atoms with Gasteiger partial charge in [0.2, 0.25) is 11.8 Å². The summed E-state index contributed by atoms with van der Waals surface area (Å²) in [7, 11) is 1.76. The van der Waals surface area contributed by atoms with Gasteiger partial charge in [0.1, 0.15) is 0 Å². The van der Waals surface area contributed by atoms with Crippen LogP contribution in [0.15, 0.2) is 18.2 Å². The van der Waals surface area contributed by atoms with E-state index in [1.54, 1.807) is 27.8 Å². The molecule has 2 aliphatic heterocycles. The van der Waals surface area contributed by atoms with E-state index in [1.165, 1.54) is 0 Å². The van der Waals surface area contributed by atoms with E-state index in [9.17, 15) is 14.4 Å². The lowest BCUT2D eigenvalue weighted by molar-refractivity contribution is -0.130. The van der Waals surface area contributed by atoms with Gasteiger partial charge in [0, 0.05) is 44.2 Å². The van der Waals surface area contributed by atoms with Crippen LogP contribution in [0.3, 0.4) is 0 Å². The van der Waals surface area contributed by atoms with Crippen molar-refractivity contribution in [1.29, 1.82) is 0 Å². The number of carbonyl (C=O) groups excluding carboxylic acids is 3. The Morgan fingerprint density at radius 1 is 1.13 bits per heavy atom. The molecule has 1 fully saturated rings. The van der Waals surface area contributed by atoms with Gasteiger partial charge in [-0.25, -0.2) is 0 Å². The summed E-state index contributed by atoms with van der Waals surface area (Å²) in [6.45, 7) is 3.36. The fourth-order valence-corrected chi connectivity index (χ4v) is 3.15. The van der Waals surface area contributed by atoms with Gasteiger partial charge in [0.15, 0.2) is 0 Å². The molecule has 6 nitrogen and oxygen atoms in total. The topological polar surface area (TPSA) is 60.9 Å². The highest BCUT2D eigenvalue weighted by atomic mass is 16.2. The Balaban J connectivity index is 1.77. The number of nitrogens with zero attached hydrogens (tertiary/aromatic N) is 3. The molecule has 2 aliphatic rings. The van der Waals surface area contributed by atoms with E-state index >= 15 is 0 Å². The molecule has 122 valence electrons. The van der Waals surface area contributed by atoms with Crippen molar-refractivity contribution in [3.8, 4) is 0 Å². The van der Waals surface area contributed by atoms with E-state index in [4.69, 9.17) is 0 Å². The molecule has 3 rings (SSSR count). The summed E-state index contributed by atoms with van der Waals surface area (Å²) in [5, 5.41) is 0. The van der Waals surface area contributed by atoms with Gasteiger partial charge >= 0.3 is 0 Å². The second kappa shape index (κ2) is 6.02. The van der Waals surface area contributed by atoms with Crippen LogP contribution in [0.4, 0.5) is 5.69 Å². The van der Waals surface area contributed by atoms with Gasteiger partial charge in [-0.2, -0.15) is 0 Å². The average molecular weight is 315 g/mol. The second-order valence-corrected chi connectivity index (χ2v) is 6.02. The molecule has 0 unspecified atom stereocenters. The SMILES string of the molecule is CCC(=O)N1CCN(C(=O)c2ccc3c(c2)CCC(=O)N3C)C1. The molecule has 0 bridgehead atoms. The lowest BCUT2D eigenvalue weighted by atomic mass is 9.99. The molecule has 0 saturated carbocycles. The molecule has 23 heavy (non-hydrogen) atoms. The first-order valence-electron chi connectivity index (χ1n) is 7.97. The largest absolute Gasteiger partial charge is 0.323 e. The zero-order chi connectivity index (χ0) is 16.6. The predicted molar refractivity (Wildman–Crippen MR) is 86.1 cm³/mol. The van der Waals surface area contributed by atoms with Gasteiger partial charge in [0.25, 0.3) is 5.91 Å². The van der Waals surface area contributed by atoms with Crippen molar-refractivity contribution in [3.05, 3.63) is 29.3 Å². The summed E-state index contributed by atoms with van der Waals surface area (Å²) in [4.78, 5) is 41.2. The molecule has 0 N–H and O–H groups in total. The molecule has 1 aromatic carbocycles. The van der Waals surface area contributed by atoms with Crippen molar-refractivity contribution in [1.82, 2.24) is 9.80 Å². The lowest BCUT2D eigenvalue weighted by Gasteiger charge is -2.26. The van der Waals surface area contributed by atoms with Gasteiger partial charge in [0.05, 0.1) is 6.67 Å². The normalized spacial score (nSPS) is 17.5. The fraction of sp³-hybridized carbons (Fsp3) is 0.471. The van der Waals surface area contributed by atoms with Crippen LogP contribution in [-0.4, -0.2) is 54.3 Å². The van der Waals surface area contributed by atoms with Crippen LogP contribution in [-0.2, 0) is 16.0 Å². The lowest BCUT2D eigenvalue weighted by Crippen LogP contribution is -2.34. The summed E-state index contributed by atoms with van der Waals surface area (Å²) in [6, 6.07) is 5.48. The highest BCUT2D eigenvalue weighted by Crippen LogP contribution is 2.28. The number of rotatable bonds is 2. The van der Waals surface area contributed by atoms with Crippen LogP contribution in [0.2, 0.25) is 0 Å². The smallest absolute Gasteiger partial charge is 0.255 e. The van der Waals surface area contributed by atoms with Gasteiger partial charge in [-0.15, -0.1) is 0 Å². The third kappa shape index (κ3) is 2.81. The molecule has 3 amide bonds. The summed E-state index contributed by atoms with van der Waals surface area (Å²) in [5.74, 6) is 0.120. The number of fused-ring (bicyclic) bond motifs is 1. The van der Waals surface area contributed by atoms with Crippen LogP contribution >= 0.6 is 0 Å². The number of hydrogen-bond acceptors (Lipinski definition) is 3. The molecule has 0 atom stereocenters. The highest BCUT2D eigenvalue weighted by molar-refractivity contribution is 5.99. The first-order valence-corrected chi connectivity index (χ1v) is 7.97. The van der Waals surface area contributed by atoms with Crippen molar-refractivity contribution in [2.45, 2.75) is 26.2 Å². The Morgan fingerprint density at radius 2 is 1.87 bits per heavy atom. The number of hydrogen-bond donors (Lipinski definition) is 0. The first kappa shape index (κ1) is 15.5. The fourth-order valence-electron chi connectivity index (χ4n) is 3.15. The van der Waals surface area contributed by atoms with Crippen LogP contribution < -0.4 is 4.90 Å². The Bertz CT molecular complexity index is 671.